The number of benzene rings is 2. The summed E-state index contributed by atoms with van der Waals surface area (Å²) in [4.78, 5) is 14.2. The minimum Gasteiger partial charge on any atom is -0.360 e. The van der Waals surface area contributed by atoms with Crippen molar-refractivity contribution in [3.8, 4) is 0 Å². The largest absolute Gasteiger partial charge is 0.360 e. The lowest BCUT2D eigenvalue weighted by molar-refractivity contribution is -0.113. The van der Waals surface area contributed by atoms with E-state index < -0.39 is 0 Å². The van der Waals surface area contributed by atoms with Gasteiger partial charge < -0.3 is 4.90 Å². The number of anilines is 1. The molecule has 0 radical (unpaired) electrons. The fourth-order valence-corrected chi connectivity index (χ4v) is 3.17. The van der Waals surface area contributed by atoms with E-state index in [0.717, 1.165) is 18.7 Å². The molecule has 1 aliphatic rings. The first kappa shape index (κ1) is 14.9. The van der Waals surface area contributed by atoms with Crippen molar-refractivity contribution in [3.05, 3.63) is 76.8 Å². The van der Waals surface area contributed by atoms with E-state index in [1.54, 1.807) is 6.92 Å². The van der Waals surface area contributed by atoms with E-state index in [9.17, 15) is 4.79 Å². The van der Waals surface area contributed by atoms with Crippen molar-refractivity contribution in [1.82, 2.24) is 0 Å². The summed E-state index contributed by atoms with van der Waals surface area (Å²) in [5, 5.41) is 0.711. The highest BCUT2D eigenvalue weighted by Crippen LogP contribution is 2.38. The second-order valence-corrected chi connectivity index (χ2v) is 6.04. The van der Waals surface area contributed by atoms with Gasteiger partial charge in [-0.3, -0.25) is 4.79 Å². The normalized spacial score (nSPS) is 17.0. The highest BCUT2D eigenvalue weighted by Gasteiger charge is 2.30. The first-order valence-electron chi connectivity index (χ1n) is 7.37. The number of Topliss-reactive ketones (excluding diaryl/α,β-unsaturated/α-hetero) is 1. The topological polar surface area (TPSA) is 20.3 Å². The summed E-state index contributed by atoms with van der Waals surface area (Å²) in [6, 6.07) is 15.9. The van der Waals surface area contributed by atoms with Gasteiger partial charge in [0.15, 0.2) is 5.78 Å². The molecule has 2 nitrogen and oxygen atoms in total. The Bertz CT molecular complexity index is 720. The Morgan fingerprint density at radius 2 is 1.86 bits per heavy atom. The number of hydrogen-bond acceptors (Lipinski definition) is 2. The molecule has 0 fully saturated rings. The first-order chi connectivity index (χ1) is 10.6. The van der Waals surface area contributed by atoms with Gasteiger partial charge in [-0.05, 0) is 48.7 Å². The van der Waals surface area contributed by atoms with Crippen LogP contribution >= 0.6 is 11.6 Å². The van der Waals surface area contributed by atoms with Crippen LogP contribution in [0, 0.1) is 0 Å². The lowest BCUT2D eigenvalue weighted by Crippen LogP contribution is -2.37. The Hall–Kier alpha value is -2.06. The lowest BCUT2D eigenvalue weighted by atomic mass is 9.87. The van der Waals surface area contributed by atoms with E-state index in [-0.39, 0.29) is 11.8 Å². The van der Waals surface area contributed by atoms with Crippen LogP contribution in [0.3, 0.4) is 0 Å². The smallest absolute Gasteiger partial charge is 0.157 e. The number of nitrogens with zero attached hydrogens (tertiary/aromatic N) is 1. The summed E-state index contributed by atoms with van der Waals surface area (Å²) in [5.41, 5.74) is 4.15. The molecule has 1 aliphatic heterocycles. The first-order valence-corrected chi connectivity index (χ1v) is 7.75. The van der Waals surface area contributed by atoms with E-state index in [1.165, 1.54) is 11.1 Å². The number of carbonyl (C=O) groups is 1. The number of hydrogen-bond donors (Lipinski definition) is 0. The minimum absolute atomic E-state index is 0.0284. The van der Waals surface area contributed by atoms with Crippen molar-refractivity contribution < 1.29 is 4.79 Å². The molecule has 1 heterocycles. The van der Waals surface area contributed by atoms with Crippen molar-refractivity contribution in [3.63, 3.8) is 0 Å². The molecule has 0 saturated heterocycles. The van der Waals surface area contributed by atoms with E-state index >= 15 is 0 Å². The molecule has 3 heteroatoms. The minimum atomic E-state index is -0.108. The van der Waals surface area contributed by atoms with E-state index in [4.69, 9.17) is 11.6 Å². The maximum atomic E-state index is 11.9. The van der Waals surface area contributed by atoms with Gasteiger partial charge in [-0.15, -0.1) is 0 Å². The maximum Gasteiger partial charge on any atom is 0.157 e. The second kappa shape index (κ2) is 5.98. The molecule has 0 unspecified atom stereocenters. The zero-order chi connectivity index (χ0) is 15.7. The predicted molar refractivity (Wildman–Crippen MR) is 91.5 cm³/mol. The fraction of sp³-hybridized carbons (Fsp3) is 0.211. The van der Waals surface area contributed by atoms with Gasteiger partial charge >= 0.3 is 0 Å². The van der Waals surface area contributed by atoms with Crippen molar-refractivity contribution >= 4 is 23.1 Å². The van der Waals surface area contributed by atoms with Crippen LogP contribution in [0.25, 0.3) is 0 Å². The Morgan fingerprint density at radius 1 is 1.18 bits per heavy atom. The quantitative estimate of drug-likeness (QED) is 0.773. The molecule has 112 valence electrons. The summed E-state index contributed by atoms with van der Waals surface area (Å²) in [7, 11) is 0. The summed E-state index contributed by atoms with van der Waals surface area (Å²) in [6.45, 7) is 6.49. The van der Waals surface area contributed by atoms with Gasteiger partial charge in [-0.2, -0.15) is 0 Å². The van der Waals surface area contributed by atoms with Gasteiger partial charge in [0.2, 0.25) is 0 Å². The van der Waals surface area contributed by atoms with Gasteiger partial charge in [0.05, 0.1) is 6.04 Å². The van der Waals surface area contributed by atoms with Crippen LogP contribution in [0.1, 0.15) is 24.1 Å². The molecule has 2 aromatic rings. The van der Waals surface area contributed by atoms with Gasteiger partial charge in [0, 0.05) is 22.8 Å². The van der Waals surface area contributed by atoms with Crippen molar-refractivity contribution in [2.45, 2.75) is 19.4 Å². The maximum absolute atomic E-state index is 11.9. The molecule has 3 rings (SSSR count). The monoisotopic (exact) mass is 311 g/mol. The standard InChI is InChI=1S/C19H18ClNO/c1-13(14(2)22)19-18-6-4-3-5-15(18)11-12-21(19)17-9-7-16(20)8-10-17/h3-10,19H,1,11-12H2,2H3/t19-/m0/s1. The van der Waals surface area contributed by atoms with E-state index in [0.29, 0.717) is 10.6 Å². The van der Waals surface area contributed by atoms with Crippen LogP contribution in [0.5, 0.6) is 0 Å². The van der Waals surface area contributed by atoms with Crippen LogP contribution < -0.4 is 4.90 Å². The zero-order valence-electron chi connectivity index (χ0n) is 12.6. The summed E-state index contributed by atoms with van der Waals surface area (Å²) < 4.78 is 0. The van der Waals surface area contributed by atoms with Gasteiger partial charge in [0.1, 0.15) is 0 Å². The number of rotatable bonds is 3. The van der Waals surface area contributed by atoms with Gasteiger partial charge in [-0.1, -0.05) is 42.4 Å². The number of carbonyl (C=O) groups excluding carboxylic acids is 1. The molecule has 22 heavy (non-hydrogen) atoms. The average molecular weight is 312 g/mol. The van der Waals surface area contributed by atoms with Crippen molar-refractivity contribution in [2.75, 3.05) is 11.4 Å². The molecular formula is C19H18ClNO. The SMILES string of the molecule is C=C(C(C)=O)[C@H]1c2ccccc2CCN1c1ccc(Cl)cc1. The Balaban J connectivity index is 2.08. The van der Waals surface area contributed by atoms with Crippen LogP contribution in [0.15, 0.2) is 60.7 Å². The van der Waals surface area contributed by atoms with E-state index in [2.05, 4.69) is 23.6 Å². The van der Waals surface area contributed by atoms with Gasteiger partial charge in [0.25, 0.3) is 0 Å². The Kier molecular flexibility index (Phi) is 4.04. The zero-order valence-corrected chi connectivity index (χ0v) is 13.3. The molecule has 0 bridgehead atoms. The van der Waals surface area contributed by atoms with Crippen LogP contribution in [-0.4, -0.2) is 12.3 Å². The number of halogens is 1. The molecular weight excluding hydrogens is 294 g/mol. The fourth-order valence-electron chi connectivity index (χ4n) is 3.05. The molecule has 0 saturated carbocycles. The molecule has 0 aliphatic carbocycles. The summed E-state index contributed by atoms with van der Waals surface area (Å²) in [5.74, 6) is 0.0284. The Morgan fingerprint density at radius 3 is 2.55 bits per heavy atom. The summed E-state index contributed by atoms with van der Waals surface area (Å²) >= 11 is 5.99. The average Bonchev–Trinajstić information content (AvgIpc) is 2.54. The highest BCUT2D eigenvalue weighted by atomic mass is 35.5. The molecule has 0 amide bonds. The molecule has 2 aromatic carbocycles. The summed E-state index contributed by atoms with van der Waals surface area (Å²) in [6.07, 6.45) is 0.959. The molecule has 0 spiro atoms. The molecule has 0 N–H and O–H groups in total. The number of fused-ring (bicyclic) bond motifs is 1. The predicted octanol–water partition coefficient (Wildman–Crippen LogP) is 4.59. The third-order valence-corrected chi connectivity index (χ3v) is 4.48. The second-order valence-electron chi connectivity index (χ2n) is 5.60. The van der Waals surface area contributed by atoms with Crippen molar-refractivity contribution in [2.24, 2.45) is 0 Å². The Labute approximate surface area is 136 Å². The van der Waals surface area contributed by atoms with E-state index in [1.807, 2.05) is 36.4 Å². The third kappa shape index (κ3) is 2.67. The van der Waals surface area contributed by atoms with Crippen LogP contribution in [-0.2, 0) is 11.2 Å². The van der Waals surface area contributed by atoms with Gasteiger partial charge in [-0.25, -0.2) is 0 Å². The third-order valence-electron chi connectivity index (χ3n) is 4.22. The van der Waals surface area contributed by atoms with Crippen LogP contribution in [0.2, 0.25) is 5.02 Å². The number of ketones is 1. The van der Waals surface area contributed by atoms with Crippen LogP contribution in [0.4, 0.5) is 5.69 Å². The van der Waals surface area contributed by atoms with Crippen molar-refractivity contribution in [1.29, 1.82) is 0 Å². The highest BCUT2D eigenvalue weighted by molar-refractivity contribution is 6.30. The lowest BCUT2D eigenvalue weighted by Gasteiger charge is -2.39. The molecule has 0 aromatic heterocycles. The molecule has 1 atom stereocenters.